The zero-order valence-electron chi connectivity index (χ0n) is 6.22. The molecule has 0 unspecified atom stereocenters. The van der Waals surface area contributed by atoms with Crippen LogP contribution < -0.4 is 5.32 Å². The smallest absolute Gasteiger partial charge is 0.219 e. The molecule has 0 heterocycles. The van der Waals surface area contributed by atoms with Gasteiger partial charge in [0.15, 0.2) is 0 Å². The Hall–Kier alpha value is -0.860. The Kier molecular flexibility index (Phi) is 5.72. The quantitative estimate of drug-likeness (QED) is 0.458. The maximum atomic E-state index is 10.7. The predicted molar refractivity (Wildman–Crippen MR) is 40.7 cm³/mol. The van der Waals surface area contributed by atoms with Gasteiger partial charge in [-0.15, -0.1) is 0 Å². The molecular formula is C7H15NO2. The summed E-state index contributed by atoms with van der Waals surface area (Å²) in [6.07, 6.45) is 2.62. The minimum Gasteiger partial charge on any atom is -0.356 e. The van der Waals surface area contributed by atoms with E-state index in [1.807, 2.05) is 6.92 Å². The number of carbonyl (C=O) groups excluding carboxylic acids is 2. The first-order chi connectivity index (χ1) is 4.81. The summed E-state index contributed by atoms with van der Waals surface area (Å²) in [5.74, 6) is 0.0318. The molecule has 3 nitrogen and oxygen atoms in total. The van der Waals surface area contributed by atoms with Gasteiger partial charge < -0.3 is 10.1 Å². The molecule has 10 heavy (non-hydrogen) atoms. The van der Waals surface area contributed by atoms with E-state index in [4.69, 9.17) is 0 Å². The summed E-state index contributed by atoms with van der Waals surface area (Å²) in [5.41, 5.74) is 0. The topological polar surface area (TPSA) is 46.2 Å². The normalized spacial score (nSPS) is 8.90. The van der Waals surface area contributed by atoms with Gasteiger partial charge >= 0.3 is 0 Å². The summed E-state index contributed by atoms with van der Waals surface area (Å²) in [7, 11) is 0. The molecule has 0 radical (unpaired) electrons. The molecule has 0 aromatic heterocycles. The molecule has 0 fully saturated rings. The van der Waals surface area contributed by atoms with Gasteiger partial charge in [-0.25, -0.2) is 0 Å². The van der Waals surface area contributed by atoms with Crippen molar-refractivity contribution in [3.63, 3.8) is 0 Å². The Morgan fingerprint density at radius 2 is 2.40 bits per heavy atom. The maximum Gasteiger partial charge on any atom is 0.219 e. The van der Waals surface area contributed by atoms with Gasteiger partial charge in [0, 0.05) is 20.8 Å². The van der Waals surface area contributed by atoms with Gasteiger partial charge in [0.05, 0.1) is 0 Å². The van der Waals surface area contributed by atoms with Gasteiger partial charge in [0.25, 0.3) is 0 Å². The lowest BCUT2D eigenvalue weighted by Crippen LogP contribution is -2.23. The molecule has 0 atom stereocenters. The van der Waals surface area contributed by atoms with E-state index in [2.05, 4.69) is 5.32 Å². The van der Waals surface area contributed by atoms with Crippen LogP contribution in [0.1, 0.15) is 27.6 Å². The van der Waals surface area contributed by atoms with Crippen molar-refractivity contribution in [2.75, 3.05) is 6.54 Å². The summed E-state index contributed by atoms with van der Waals surface area (Å²) in [6.45, 7) is 2.42. The molecule has 3 heteroatoms. The van der Waals surface area contributed by atoms with Crippen molar-refractivity contribution in [1.29, 1.82) is 0 Å². The van der Waals surface area contributed by atoms with Crippen molar-refractivity contribution < 1.29 is 11.0 Å². The Morgan fingerprint density at radius 3 is 2.90 bits per heavy atom. The van der Waals surface area contributed by atoms with Crippen LogP contribution in [0, 0.1) is 0 Å². The fraction of sp³-hybridized carbons (Fsp3) is 0.714. The van der Waals surface area contributed by atoms with E-state index in [0.717, 1.165) is 12.7 Å². The first-order valence-corrected chi connectivity index (χ1v) is 3.51. The summed E-state index contributed by atoms with van der Waals surface area (Å²) in [6, 6.07) is 0. The van der Waals surface area contributed by atoms with E-state index in [9.17, 15) is 9.59 Å². The van der Waals surface area contributed by atoms with Crippen LogP contribution in [0.3, 0.4) is 0 Å². The molecule has 60 valence electrons. The lowest BCUT2D eigenvalue weighted by atomic mass is 10.3. The highest BCUT2D eigenvalue weighted by Gasteiger charge is 1.95. The average Bonchev–Trinajstić information content (AvgIpc) is 1.89. The largest absolute Gasteiger partial charge is 0.356 e. The molecule has 1 amide bonds. The standard InChI is InChI=1S/C7H13NO2.H2/c1-2-4-7(10)8-5-3-6-9;/h6H,2-5H2,1H3,(H,8,10);1H. The van der Waals surface area contributed by atoms with Crippen molar-refractivity contribution in [3.05, 3.63) is 0 Å². The average molecular weight is 145 g/mol. The third kappa shape index (κ3) is 5.28. The fourth-order valence-electron chi connectivity index (χ4n) is 0.586. The van der Waals surface area contributed by atoms with Crippen LogP contribution in [0.15, 0.2) is 0 Å². The highest BCUT2D eigenvalue weighted by atomic mass is 16.1. The first-order valence-electron chi connectivity index (χ1n) is 3.51. The predicted octanol–water partition coefficient (Wildman–Crippen LogP) is 0.738. The summed E-state index contributed by atoms with van der Waals surface area (Å²) < 4.78 is 0. The zero-order valence-corrected chi connectivity index (χ0v) is 6.22. The Labute approximate surface area is 62.3 Å². The second-order valence-corrected chi connectivity index (χ2v) is 2.06. The fourth-order valence-corrected chi connectivity index (χ4v) is 0.586. The minimum atomic E-state index is 0. The number of aldehydes is 1. The third-order valence-electron chi connectivity index (χ3n) is 1.06. The van der Waals surface area contributed by atoms with Crippen molar-refractivity contribution in [2.24, 2.45) is 0 Å². The lowest BCUT2D eigenvalue weighted by Gasteiger charge is -1.98. The Morgan fingerprint density at radius 1 is 1.70 bits per heavy atom. The van der Waals surface area contributed by atoms with Crippen LogP contribution in [0.25, 0.3) is 0 Å². The van der Waals surface area contributed by atoms with E-state index in [1.165, 1.54) is 0 Å². The van der Waals surface area contributed by atoms with E-state index < -0.39 is 0 Å². The maximum absolute atomic E-state index is 10.7. The molecule has 0 aliphatic carbocycles. The number of amides is 1. The van der Waals surface area contributed by atoms with Gasteiger partial charge in [-0.2, -0.15) is 0 Å². The summed E-state index contributed by atoms with van der Waals surface area (Å²) in [4.78, 5) is 20.5. The van der Waals surface area contributed by atoms with Crippen molar-refractivity contribution >= 4 is 12.2 Å². The highest BCUT2D eigenvalue weighted by Crippen LogP contribution is 1.84. The second-order valence-electron chi connectivity index (χ2n) is 2.06. The molecule has 0 spiro atoms. The van der Waals surface area contributed by atoms with Crippen molar-refractivity contribution in [3.8, 4) is 0 Å². The van der Waals surface area contributed by atoms with Crippen LogP contribution >= 0.6 is 0 Å². The second kappa shape index (κ2) is 6.26. The SMILES string of the molecule is CCCC(=O)NCCC=O.[HH]. The number of hydrogen-bond acceptors (Lipinski definition) is 2. The Bertz CT molecular complexity index is 117. The number of nitrogens with one attached hydrogen (secondary N) is 1. The molecule has 0 aliphatic rings. The molecular weight excluding hydrogens is 130 g/mol. The van der Waals surface area contributed by atoms with Crippen LogP contribution in [-0.2, 0) is 9.59 Å². The van der Waals surface area contributed by atoms with Crippen LogP contribution in [0.4, 0.5) is 0 Å². The molecule has 0 bridgehead atoms. The van der Waals surface area contributed by atoms with Gasteiger partial charge in [0.2, 0.25) is 5.91 Å². The number of hydrogen-bond donors (Lipinski definition) is 1. The van der Waals surface area contributed by atoms with Gasteiger partial charge in [-0.05, 0) is 6.42 Å². The van der Waals surface area contributed by atoms with E-state index in [0.29, 0.717) is 19.4 Å². The van der Waals surface area contributed by atoms with Crippen molar-refractivity contribution in [2.45, 2.75) is 26.2 Å². The molecule has 0 aromatic carbocycles. The van der Waals surface area contributed by atoms with E-state index in [-0.39, 0.29) is 7.33 Å². The molecule has 0 saturated carbocycles. The van der Waals surface area contributed by atoms with Crippen LogP contribution in [0.2, 0.25) is 0 Å². The van der Waals surface area contributed by atoms with E-state index in [1.54, 1.807) is 0 Å². The zero-order chi connectivity index (χ0) is 7.82. The van der Waals surface area contributed by atoms with Gasteiger partial charge in [-0.3, -0.25) is 4.79 Å². The van der Waals surface area contributed by atoms with Gasteiger partial charge in [-0.1, -0.05) is 6.92 Å². The van der Waals surface area contributed by atoms with Crippen molar-refractivity contribution in [1.82, 2.24) is 5.32 Å². The molecule has 0 rings (SSSR count). The summed E-state index contributed by atoms with van der Waals surface area (Å²) in [5, 5.41) is 2.61. The minimum absolute atomic E-state index is 0. The molecule has 0 aromatic rings. The van der Waals surface area contributed by atoms with Crippen LogP contribution in [0.5, 0.6) is 0 Å². The first kappa shape index (κ1) is 9.14. The highest BCUT2D eigenvalue weighted by molar-refractivity contribution is 5.75. The molecule has 0 saturated heterocycles. The Balaban J connectivity index is 0. The third-order valence-corrected chi connectivity index (χ3v) is 1.06. The monoisotopic (exact) mass is 145 g/mol. The number of rotatable bonds is 5. The lowest BCUT2D eigenvalue weighted by molar-refractivity contribution is -0.121. The molecule has 0 aliphatic heterocycles. The summed E-state index contributed by atoms with van der Waals surface area (Å²) >= 11 is 0. The molecule has 1 N–H and O–H groups in total. The van der Waals surface area contributed by atoms with Gasteiger partial charge in [0.1, 0.15) is 6.29 Å². The van der Waals surface area contributed by atoms with E-state index >= 15 is 0 Å². The number of carbonyl (C=O) groups is 2. The van der Waals surface area contributed by atoms with Crippen LogP contribution in [-0.4, -0.2) is 18.7 Å².